The summed E-state index contributed by atoms with van der Waals surface area (Å²) in [6.07, 6.45) is -1.53. The molecule has 0 aromatic carbocycles. The van der Waals surface area contributed by atoms with Crippen molar-refractivity contribution >= 4 is 29.0 Å². The molecule has 0 spiro atoms. The van der Waals surface area contributed by atoms with Crippen molar-refractivity contribution in [3.63, 3.8) is 0 Å². The number of alkyl halides is 3. The maximum absolute atomic E-state index is 13.0. The summed E-state index contributed by atoms with van der Waals surface area (Å²) in [7, 11) is 0. The molecule has 0 aliphatic carbocycles. The lowest BCUT2D eigenvalue weighted by Gasteiger charge is -2.11. The Bertz CT molecular complexity index is 746. The Kier molecular flexibility index (Phi) is 5.55. The number of nitrogens with zero attached hydrogens (tertiary/aromatic N) is 2. The Morgan fingerprint density at radius 3 is 2.75 bits per heavy atom. The summed E-state index contributed by atoms with van der Waals surface area (Å²) in [5, 5.41) is 11.1. The third kappa shape index (κ3) is 3.90. The summed E-state index contributed by atoms with van der Waals surface area (Å²) >= 11 is 5.95. The fraction of sp³-hybridized carbons (Fsp3) is 0.429. The Morgan fingerprint density at radius 2 is 2.17 bits per heavy atom. The first-order valence-electron chi connectivity index (χ1n) is 7.22. The molecular formula is C14H16ClF3N4O2. The van der Waals surface area contributed by atoms with Crippen LogP contribution in [0.25, 0.3) is 5.65 Å². The van der Waals surface area contributed by atoms with Gasteiger partial charge >= 0.3 is 6.18 Å². The molecule has 0 aliphatic heterocycles. The molecule has 3 N–H and O–H groups in total. The first-order valence-corrected chi connectivity index (χ1v) is 7.60. The number of pyridine rings is 1. The van der Waals surface area contributed by atoms with Crippen LogP contribution in [0.15, 0.2) is 12.3 Å². The van der Waals surface area contributed by atoms with E-state index in [2.05, 4.69) is 10.3 Å². The number of hydrogen-bond acceptors (Lipinski definition) is 4. The van der Waals surface area contributed by atoms with E-state index in [0.717, 1.165) is 25.1 Å². The van der Waals surface area contributed by atoms with Crippen LogP contribution in [0.2, 0.25) is 5.02 Å². The number of hydroxylamine groups is 1. The fourth-order valence-corrected chi connectivity index (χ4v) is 2.47. The largest absolute Gasteiger partial charge is 0.417 e. The highest BCUT2D eigenvalue weighted by Crippen LogP contribution is 2.34. The molecule has 24 heavy (non-hydrogen) atoms. The predicted molar refractivity (Wildman–Crippen MR) is 82.2 cm³/mol. The third-order valence-electron chi connectivity index (χ3n) is 3.38. The number of amides is 1. The second-order valence-electron chi connectivity index (χ2n) is 5.17. The number of nitrogens with one attached hydrogen (secondary N) is 2. The molecule has 132 valence electrons. The number of hydrogen-bond donors (Lipinski definition) is 3. The number of anilines is 1. The summed E-state index contributed by atoms with van der Waals surface area (Å²) < 4.78 is 40.2. The Balaban J connectivity index is 2.54. The zero-order valence-electron chi connectivity index (χ0n) is 12.7. The van der Waals surface area contributed by atoms with Gasteiger partial charge < -0.3 is 5.32 Å². The lowest BCUT2D eigenvalue weighted by Crippen LogP contribution is -2.27. The van der Waals surface area contributed by atoms with Crippen molar-refractivity contribution in [2.75, 3.05) is 11.9 Å². The SMILES string of the molecule is CCCCc1nc2c(Cl)cc(C(F)(F)F)cn2c1NCC(=O)NO. The highest BCUT2D eigenvalue weighted by molar-refractivity contribution is 6.33. The number of carbonyl (C=O) groups excluding carboxylic acids is 1. The van der Waals surface area contributed by atoms with Crippen molar-refractivity contribution in [3.05, 3.63) is 28.5 Å². The summed E-state index contributed by atoms with van der Waals surface area (Å²) in [6.45, 7) is 1.65. The number of halogens is 4. The fourth-order valence-electron chi connectivity index (χ4n) is 2.22. The molecule has 0 bridgehead atoms. The van der Waals surface area contributed by atoms with E-state index in [-0.39, 0.29) is 23.0 Å². The van der Waals surface area contributed by atoms with E-state index in [0.29, 0.717) is 12.1 Å². The van der Waals surface area contributed by atoms with Gasteiger partial charge in [0.1, 0.15) is 5.82 Å². The second-order valence-corrected chi connectivity index (χ2v) is 5.57. The lowest BCUT2D eigenvalue weighted by atomic mass is 10.2. The number of imidazole rings is 1. The summed E-state index contributed by atoms with van der Waals surface area (Å²) in [4.78, 5) is 15.5. The van der Waals surface area contributed by atoms with Gasteiger partial charge in [0, 0.05) is 6.20 Å². The van der Waals surface area contributed by atoms with Gasteiger partial charge in [-0.15, -0.1) is 0 Å². The summed E-state index contributed by atoms with van der Waals surface area (Å²) in [6, 6.07) is 0.817. The zero-order valence-corrected chi connectivity index (χ0v) is 13.5. The molecule has 0 atom stereocenters. The Morgan fingerprint density at radius 1 is 1.46 bits per heavy atom. The van der Waals surface area contributed by atoms with Crippen molar-refractivity contribution in [3.8, 4) is 0 Å². The number of unbranched alkanes of at least 4 members (excludes halogenated alkanes) is 1. The quantitative estimate of drug-likeness (QED) is 0.543. The number of aromatic nitrogens is 2. The van der Waals surface area contributed by atoms with Gasteiger partial charge in [0.2, 0.25) is 0 Å². The van der Waals surface area contributed by atoms with Crippen LogP contribution in [-0.4, -0.2) is 27.0 Å². The van der Waals surface area contributed by atoms with E-state index in [1.807, 2.05) is 6.92 Å². The van der Waals surface area contributed by atoms with E-state index >= 15 is 0 Å². The molecule has 1 amide bonds. The standard InChI is InChI=1S/C14H16ClF3N4O2/c1-2-3-4-10-13(19-6-11(23)21-24)22-7-8(14(16,17)18)5-9(15)12(22)20-10/h5,7,19,24H,2-4,6H2,1H3,(H,21,23). The first kappa shape index (κ1) is 18.3. The molecule has 0 saturated carbocycles. The van der Waals surface area contributed by atoms with Crippen LogP contribution in [0.3, 0.4) is 0 Å². The molecule has 0 aliphatic rings. The van der Waals surface area contributed by atoms with Crippen LogP contribution in [0.5, 0.6) is 0 Å². The molecule has 0 fully saturated rings. The maximum Gasteiger partial charge on any atom is 0.417 e. The first-order chi connectivity index (χ1) is 11.3. The molecular weight excluding hydrogens is 349 g/mol. The highest BCUT2D eigenvalue weighted by Gasteiger charge is 2.32. The van der Waals surface area contributed by atoms with Gasteiger partial charge in [-0.05, 0) is 18.9 Å². The third-order valence-corrected chi connectivity index (χ3v) is 3.66. The van der Waals surface area contributed by atoms with Crippen molar-refractivity contribution < 1.29 is 23.2 Å². The average molecular weight is 365 g/mol. The van der Waals surface area contributed by atoms with Crippen LogP contribution in [0, 0.1) is 0 Å². The Labute approximate surface area is 140 Å². The molecule has 6 nitrogen and oxygen atoms in total. The van der Waals surface area contributed by atoms with E-state index in [1.165, 1.54) is 9.88 Å². The van der Waals surface area contributed by atoms with E-state index in [9.17, 15) is 18.0 Å². The molecule has 2 aromatic rings. The minimum absolute atomic E-state index is 0.137. The van der Waals surface area contributed by atoms with Crippen molar-refractivity contribution in [1.29, 1.82) is 0 Å². The molecule has 0 radical (unpaired) electrons. The number of carbonyl (C=O) groups is 1. The van der Waals surface area contributed by atoms with E-state index < -0.39 is 17.6 Å². The second kappa shape index (κ2) is 7.27. The minimum atomic E-state index is -4.56. The number of rotatable bonds is 6. The van der Waals surface area contributed by atoms with Crippen LogP contribution in [-0.2, 0) is 17.4 Å². The van der Waals surface area contributed by atoms with Crippen LogP contribution in [0.1, 0.15) is 31.0 Å². The van der Waals surface area contributed by atoms with Gasteiger partial charge in [0.05, 0.1) is 22.8 Å². The Hall–Kier alpha value is -2.00. The molecule has 2 aromatic heterocycles. The molecule has 0 unspecified atom stereocenters. The maximum atomic E-state index is 13.0. The summed E-state index contributed by atoms with van der Waals surface area (Å²) in [5.74, 6) is -0.487. The normalized spacial score (nSPS) is 11.8. The van der Waals surface area contributed by atoms with Gasteiger partial charge in [-0.1, -0.05) is 24.9 Å². The smallest absolute Gasteiger partial charge is 0.360 e. The van der Waals surface area contributed by atoms with Gasteiger partial charge in [-0.2, -0.15) is 13.2 Å². The van der Waals surface area contributed by atoms with Crippen LogP contribution in [0.4, 0.5) is 19.0 Å². The zero-order chi connectivity index (χ0) is 17.9. The van der Waals surface area contributed by atoms with Crippen molar-refractivity contribution in [1.82, 2.24) is 14.9 Å². The number of fused-ring (bicyclic) bond motifs is 1. The van der Waals surface area contributed by atoms with E-state index in [4.69, 9.17) is 16.8 Å². The monoisotopic (exact) mass is 364 g/mol. The van der Waals surface area contributed by atoms with Gasteiger partial charge in [-0.3, -0.25) is 14.4 Å². The van der Waals surface area contributed by atoms with Crippen molar-refractivity contribution in [2.24, 2.45) is 0 Å². The highest BCUT2D eigenvalue weighted by atomic mass is 35.5. The van der Waals surface area contributed by atoms with Gasteiger partial charge in [0.25, 0.3) is 5.91 Å². The topological polar surface area (TPSA) is 78.7 Å². The molecule has 0 saturated heterocycles. The van der Waals surface area contributed by atoms with Crippen LogP contribution < -0.4 is 10.8 Å². The predicted octanol–water partition coefficient (Wildman–Crippen LogP) is 3.27. The van der Waals surface area contributed by atoms with Crippen molar-refractivity contribution in [2.45, 2.75) is 32.4 Å². The lowest BCUT2D eigenvalue weighted by molar-refractivity contribution is -0.137. The average Bonchev–Trinajstić information content (AvgIpc) is 2.88. The van der Waals surface area contributed by atoms with Gasteiger partial charge in [0.15, 0.2) is 5.65 Å². The molecule has 2 rings (SSSR count). The van der Waals surface area contributed by atoms with E-state index in [1.54, 1.807) is 0 Å². The molecule has 10 heteroatoms. The van der Waals surface area contributed by atoms with Crippen LogP contribution >= 0.6 is 11.6 Å². The minimum Gasteiger partial charge on any atom is -0.360 e. The number of aryl methyl sites for hydroxylation is 1. The summed E-state index contributed by atoms with van der Waals surface area (Å²) in [5.41, 5.74) is 1.20. The molecule has 2 heterocycles. The van der Waals surface area contributed by atoms with Gasteiger partial charge in [-0.25, -0.2) is 10.5 Å².